The van der Waals surface area contributed by atoms with Crippen LogP contribution in [-0.2, 0) is 6.42 Å². The lowest BCUT2D eigenvalue weighted by atomic mass is 10.1. The Morgan fingerprint density at radius 1 is 1.24 bits per heavy atom. The summed E-state index contributed by atoms with van der Waals surface area (Å²) in [4.78, 5) is 12.6. The summed E-state index contributed by atoms with van der Waals surface area (Å²) in [6.45, 7) is 0. The van der Waals surface area contributed by atoms with E-state index in [-0.39, 0.29) is 18.0 Å². The van der Waals surface area contributed by atoms with Crippen molar-refractivity contribution in [2.24, 2.45) is 0 Å². The van der Waals surface area contributed by atoms with Crippen molar-refractivity contribution in [2.75, 3.05) is 0 Å². The molecule has 0 saturated heterocycles. The first-order valence-electron chi connectivity index (χ1n) is 4.79. The lowest BCUT2D eigenvalue weighted by molar-refractivity contribution is 0.0996. The van der Waals surface area contributed by atoms with Gasteiger partial charge in [-0.1, -0.05) is 22.0 Å². The molecule has 1 nitrogen and oxygen atoms in total. The lowest BCUT2D eigenvalue weighted by Crippen LogP contribution is -2.01. The summed E-state index contributed by atoms with van der Waals surface area (Å²) in [6.07, 6.45) is 0.272. The summed E-state index contributed by atoms with van der Waals surface area (Å²) in [5.41, 5.74) is 0.793. The number of halogens is 3. The summed E-state index contributed by atoms with van der Waals surface area (Å²) >= 11 is 7.97. The van der Waals surface area contributed by atoms with Gasteiger partial charge >= 0.3 is 0 Å². The summed E-state index contributed by atoms with van der Waals surface area (Å²) in [7, 11) is 0. The molecule has 0 bridgehead atoms. The highest BCUT2D eigenvalue weighted by Gasteiger charge is 2.11. The number of rotatable bonds is 3. The minimum Gasteiger partial charge on any atom is -0.293 e. The molecule has 0 fully saturated rings. The Kier molecular flexibility index (Phi) is 4.12. The molecule has 0 aliphatic heterocycles. The van der Waals surface area contributed by atoms with E-state index in [9.17, 15) is 9.18 Å². The lowest BCUT2D eigenvalue weighted by Gasteiger charge is -2.02. The number of hydrogen-bond donors (Lipinski definition) is 0. The molecule has 2 aromatic rings. The zero-order chi connectivity index (χ0) is 12.4. The van der Waals surface area contributed by atoms with E-state index in [1.807, 2.05) is 6.07 Å². The third-order valence-corrected chi connectivity index (χ3v) is 4.62. The highest BCUT2D eigenvalue weighted by atomic mass is 79.9. The van der Waals surface area contributed by atoms with Gasteiger partial charge in [0.1, 0.15) is 5.82 Å². The number of benzene rings is 1. The molecule has 0 saturated carbocycles. The first-order valence-corrected chi connectivity index (χ1v) is 7.19. The Hall–Kier alpha value is -0.520. The molecule has 1 aromatic carbocycles. The number of hydrogen-bond acceptors (Lipinski definition) is 2. The smallest absolute Gasteiger partial charge is 0.177 e. The predicted molar refractivity (Wildman–Crippen MR) is 74.2 cm³/mol. The van der Waals surface area contributed by atoms with Crippen LogP contribution in [0.15, 0.2) is 38.6 Å². The first kappa shape index (κ1) is 12.9. The van der Waals surface area contributed by atoms with Crippen LogP contribution in [0.4, 0.5) is 4.39 Å². The van der Waals surface area contributed by atoms with Crippen molar-refractivity contribution in [3.05, 3.63) is 54.8 Å². The number of ketones is 1. The summed E-state index contributed by atoms with van der Waals surface area (Å²) in [6, 6.07) is 7.98. The fraction of sp³-hybridized carbons (Fsp3) is 0.0833. The van der Waals surface area contributed by atoms with Crippen LogP contribution in [0.25, 0.3) is 0 Å². The van der Waals surface area contributed by atoms with Crippen LogP contribution in [0.5, 0.6) is 0 Å². The third-order valence-electron chi connectivity index (χ3n) is 2.21. The van der Waals surface area contributed by atoms with Crippen molar-refractivity contribution in [1.29, 1.82) is 0 Å². The quantitative estimate of drug-likeness (QED) is 0.699. The summed E-state index contributed by atoms with van der Waals surface area (Å²) < 4.78 is 14.4. The Bertz CT molecular complexity index is 565. The van der Waals surface area contributed by atoms with Crippen molar-refractivity contribution in [3.8, 4) is 0 Å². The van der Waals surface area contributed by atoms with Gasteiger partial charge in [0.25, 0.3) is 0 Å². The summed E-state index contributed by atoms with van der Waals surface area (Å²) in [5.74, 6) is -0.278. The van der Waals surface area contributed by atoms with Crippen molar-refractivity contribution >= 4 is 49.0 Å². The standard InChI is InChI=1S/C12H7Br2FOS/c13-9-6-8(15)2-1-7(9)5-10(16)11-3-4-12(14)17-11/h1-4,6H,5H2. The van der Waals surface area contributed by atoms with Gasteiger partial charge in [-0.3, -0.25) is 4.79 Å². The van der Waals surface area contributed by atoms with Gasteiger partial charge in [-0.15, -0.1) is 11.3 Å². The molecular formula is C12H7Br2FOS. The third kappa shape index (κ3) is 3.24. The molecule has 0 spiro atoms. The van der Waals surface area contributed by atoms with E-state index in [0.29, 0.717) is 9.35 Å². The number of Topliss-reactive ketones (excluding diaryl/α,β-unsaturated/α-hetero) is 1. The maximum absolute atomic E-state index is 12.9. The summed E-state index contributed by atoms with van der Waals surface area (Å²) in [5, 5.41) is 0. The molecule has 0 aliphatic carbocycles. The Morgan fingerprint density at radius 2 is 2.00 bits per heavy atom. The molecule has 1 aromatic heterocycles. The van der Waals surface area contributed by atoms with Gasteiger partial charge in [0.15, 0.2) is 5.78 Å². The fourth-order valence-electron chi connectivity index (χ4n) is 1.39. The second-order valence-electron chi connectivity index (χ2n) is 3.44. The van der Waals surface area contributed by atoms with Gasteiger partial charge in [-0.2, -0.15) is 0 Å². The zero-order valence-corrected chi connectivity index (χ0v) is 12.5. The number of carbonyl (C=O) groups is 1. The number of thiophene rings is 1. The van der Waals surface area contributed by atoms with Crippen molar-refractivity contribution in [3.63, 3.8) is 0 Å². The SMILES string of the molecule is O=C(Cc1ccc(F)cc1Br)c1ccc(Br)s1. The largest absolute Gasteiger partial charge is 0.293 e. The molecule has 0 amide bonds. The van der Waals surface area contributed by atoms with Crippen LogP contribution in [0.2, 0.25) is 0 Å². The van der Waals surface area contributed by atoms with Gasteiger partial charge in [-0.05, 0) is 45.8 Å². The molecule has 88 valence electrons. The maximum Gasteiger partial charge on any atom is 0.177 e. The fourth-order valence-corrected chi connectivity index (χ4v) is 3.20. The minimum absolute atomic E-state index is 0.0352. The second-order valence-corrected chi connectivity index (χ2v) is 6.76. The first-order chi connectivity index (χ1) is 8.06. The van der Waals surface area contributed by atoms with Crippen LogP contribution in [0, 0.1) is 5.82 Å². The average molecular weight is 378 g/mol. The van der Waals surface area contributed by atoms with Gasteiger partial charge in [-0.25, -0.2) is 4.39 Å². The molecule has 0 atom stereocenters. The molecule has 5 heteroatoms. The zero-order valence-electron chi connectivity index (χ0n) is 8.54. The van der Waals surface area contributed by atoms with E-state index < -0.39 is 0 Å². The number of carbonyl (C=O) groups excluding carboxylic acids is 1. The van der Waals surface area contributed by atoms with Crippen LogP contribution in [0.1, 0.15) is 15.2 Å². The van der Waals surface area contributed by atoms with E-state index >= 15 is 0 Å². The Balaban J connectivity index is 2.18. The van der Waals surface area contributed by atoms with E-state index in [2.05, 4.69) is 31.9 Å². The second kappa shape index (κ2) is 5.42. The van der Waals surface area contributed by atoms with Crippen molar-refractivity contribution < 1.29 is 9.18 Å². The highest BCUT2D eigenvalue weighted by Crippen LogP contribution is 2.25. The molecule has 0 N–H and O–H groups in total. The predicted octanol–water partition coefficient (Wildman–Crippen LogP) is 4.84. The monoisotopic (exact) mass is 376 g/mol. The molecule has 2 rings (SSSR count). The Morgan fingerprint density at radius 3 is 2.59 bits per heavy atom. The topological polar surface area (TPSA) is 17.1 Å². The average Bonchev–Trinajstić information content (AvgIpc) is 2.69. The van der Waals surface area contributed by atoms with Gasteiger partial charge < -0.3 is 0 Å². The molecular weight excluding hydrogens is 371 g/mol. The van der Waals surface area contributed by atoms with Crippen molar-refractivity contribution in [2.45, 2.75) is 6.42 Å². The molecule has 1 heterocycles. The minimum atomic E-state index is -0.313. The Labute approximate surface area is 119 Å². The molecule has 0 aliphatic rings. The van der Waals surface area contributed by atoms with Crippen LogP contribution in [0.3, 0.4) is 0 Å². The van der Waals surface area contributed by atoms with E-state index in [4.69, 9.17) is 0 Å². The van der Waals surface area contributed by atoms with Gasteiger partial charge in [0.05, 0.1) is 8.66 Å². The van der Waals surface area contributed by atoms with E-state index in [1.54, 1.807) is 12.1 Å². The van der Waals surface area contributed by atoms with Gasteiger partial charge in [0.2, 0.25) is 0 Å². The van der Waals surface area contributed by atoms with Crippen LogP contribution in [-0.4, -0.2) is 5.78 Å². The normalized spacial score (nSPS) is 10.5. The highest BCUT2D eigenvalue weighted by molar-refractivity contribution is 9.11. The van der Waals surface area contributed by atoms with Crippen LogP contribution >= 0.6 is 43.2 Å². The molecule has 17 heavy (non-hydrogen) atoms. The van der Waals surface area contributed by atoms with Crippen molar-refractivity contribution in [1.82, 2.24) is 0 Å². The van der Waals surface area contributed by atoms with E-state index in [0.717, 1.165) is 9.35 Å². The maximum atomic E-state index is 12.9. The molecule has 0 unspecified atom stereocenters. The van der Waals surface area contributed by atoms with Gasteiger partial charge in [0, 0.05) is 10.9 Å². The van der Waals surface area contributed by atoms with Crippen LogP contribution < -0.4 is 0 Å². The molecule has 0 radical (unpaired) electrons. The van der Waals surface area contributed by atoms with E-state index in [1.165, 1.54) is 23.5 Å².